The van der Waals surface area contributed by atoms with Crippen molar-refractivity contribution < 1.29 is 18.3 Å². The Morgan fingerprint density at radius 2 is 1.86 bits per heavy atom. The summed E-state index contributed by atoms with van der Waals surface area (Å²) in [6.45, 7) is 0.0623. The van der Waals surface area contributed by atoms with Crippen LogP contribution in [0.1, 0.15) is 11.1 Å². The molecular formula is C15H14F2N2O2. The summed E-state index contributed by atoms with van der Waals surface area (Å²) in [6, 6.07) is 8.09. The number of nitrogens with one attached hydrogen (secondary N) is 1. The summed E-state index contributed by atoms with van der Waals surface area (Å²) in [6.07, 6.45) is 0. The first-order chi connectivity index (χ1) is 10.0. The van der Waals surface area contributed by atoms with E-state index in [1.54, 1.807) is 18.2 Å². The summed E-state index contributed by atoms with van der Waals surface area (Å²) in [4.78, 5) is 0. The smallest absolute Gasteiger partial charge is 0.167 e. The Balaban J connectivity index is 2.16. The molecule has 4 nitrogen and oxygen atoms in total. The molecule has 6 heteroatoms. The summed E-state index contributed by atoms with van der Waals surface area (Å²) in [5, 5.41) is 7.49. The molecule has 0 amide bonds. The number of halogens is 2. The van der Waals surface area contributed by atoms with Gasteiger partial charge in [0.1, 0.15) is 24.0 Å². The number of methoxy groups -OCH3 is 1. The van der Waals surface area contributed by atoms with Crippen molar-refractivity contribution in [2.24, 2.45) is 5.73 Å². The van der Waals surface area contributed by atoms with Crippen LogP contribution in [0, 0.1) is 17.0 Å². The molecule has 110 valence electrons. The van der Waals surface area contributed by atoms with E-state index in [4.69, 9.17) is 20.6 Å². The van der Waals surface area contributed by atoms with Gasteiger partial charge >= 0.3 is 0 Å². The van der Waals surface area contributed by atoms with Gasteiger partial charge in [0.25, 0.3) is 0 Å². The molecule has 0 unspecified atom stereocenters. The maximum absolute atomic E-state index is 13.4. The molecule has 0 atom stereocenters. The van der Waals surface area contributed by atoms with E-state index in [0.29, 0.717) is 16.9 Å². The predicted octanol–water partition coefficient (Wildman–Crippen LogP) is 2.84. The fraction of sp³-hybridized carbons (Fsp3) is 0.133. The van der Waals surface area contributed by atoms with Crippen molar-refractivity contribution in [2.75, 3.05) is 7.11 Å². The lowest BCUT2D eigenvalue weighted by atomic mass is 10.1. The average molecular weight is 292 g/mol. The summed E-state index contributed by atoms with van der Waals surface area (Å²) >= 11 is 0. The number of nitrogen functional groups attached to an aromatic ring is 1. The van der Waals surface area contributed by atoms with Crippen molar-refractivity contribution in [1.29, 1.82) is 5.41 Å². The second kappa shape index (κ2) is 6.21. The summed E-state index contributed by atoms with van der Waals surface area (Å²) in [5.41, 5.74) is 6.58. The number of hydrogen-bond donors (Lipinski definition) is 2. The Hall–Kier alpha value is -2.63. The van der Waals surface area contributed by atoms with Gasteiger partial charge in [-0.1, -0.05) is 6.07 Å². The van der Waals surface area contributed by atoms with Gasteiger partial charge < -0.3 is 15.2 Å². The standard InChI is InChI=1S/C15H14F2N2O2/c1-20-13-4-2-9(6-11(13)15(18)19)8-21-14-5-3-10(16)7-12(14)17/h2-7H,8H2,1H3,(H3,18,19). The SMILES string of the molecule is COc1ccc(COc2ccc(F)cc2F)cc1C(=N)N. The molecule has 0 aromatic heterocycles. The van der Waals surface area contributed by atoms with Crippen molar-refractivity contribution >= 4 is 5.84 Å². The van der Waals surface area contributed by atoms with Gasteiger partial charge in [-0.05, 0) is 29.8 Å². The lowest BCUT2D eigenvalue weighted by molar-refractivity contribution is 0.289. The first-order valence-electron chi connectivity index (χ1n) is 6.10. The van der Waals surface area contributed by atoms with Crippen LogP contribution in [0.25, 0.3) is 0 Å². The van der Waals surface area contributed by atoms with Crippen LogP contribution < -0.4 is 15.2 Å². The topological polar surface area (TPSA) is 68.3 Å². The minimum atomic E-state index is -0.768. The summed E-state index contributed by atoms with van der Waals surface area (Å²) < 4.78 is 36.6. The molecule has 0 aliphatic heterocycles. The molecule has 21 heavy (non-hydrogen) atoms. The van der Waals surface area contributed by atoms with Gasteiger partial charge in [0.2, 0.25) is 0 Å². The zero-order valence-corrected chi connectivity index (χ0v) is 11.3. The van der Waals surface area contributed by atoms with Gasteiger partial charge in [0.05, 0.1) is 12.7 Å². The molecule has 2 aromatic rings. The van der Waals surface area contributed by atoms with Crippen molar-refractivity contribution in [2.45, 2.75) is 6.61 Å². The minimum Gasteiger partial charge on any atom is -0.496 e. The first kappa shape index (κ1) is 14.8. The van der Waals surface area contributed by atoms with Crippen molar-refractivity contribution in [3.63, 3.8) is 0 Å². The molecule has 0 bridgehead atoms. The predicted molar refractivity (Wildman–Crippen MR) is 74.7 cm³/mol. The molecule has 0 radical (unpaired) electrons. The number of hydrogen-bond acceptors (Lipinski definition) is 3. The van der Waals surface area contributed by atoms with Crippen molar-refractivity contribution in [1.82, 2.24) is 0 Å². The maximum atomic E-state index is 13.4. The molecule has 0 spiro atoms. The van der Waals surface area contributed by atoms with E-state index >= 15 is 0 Å². The molecule has 0 heterocycles. The van der Waals surface area contributed by atoms with Crippen LogP contribution >= 0.6 is 0 Å². The highest BCUT2D eigenvalue weighted by Crippen LogP contribution is 2.22. The van der Waals surface area contributed by atoms with Crippen LogP contribution in [0.5, 0.6) is 11.5 Å². The Labute approximate surface area is 120 Å². The zero-order valence-electron chi connectivity index (χ0n) is 11.3. The summed E-state index contributed by atoms with van der Waals surface area (Å²) in [7, 11) is 1.48. The number of rotatable bonds is 5. The Bertz CT molecular complexity index is 675. The molecule has 3 N–H and O–H groups in total. The monoisotopic (exact) mass is 292 g/mol. The van der Waals surface area contributed by atoms with E-state index in [-0.39, 0.29) is 18.2 Å². The van der Waals surface area contributed by atoms with Gasteiger partial charge in [0, 0.05) is 6.07 Å². The lowest BCUT2D eigenvalue weighted by Crippen LogP contribution is -2.13. The Kier molecular flexibility index (Phi) is 4.37. The number of amidine groups is 1. The van der Waals surface area contributed by atoms with E-state index < -0.39 is 11.6 Å². The average Bonchev–Trinajstić information content (AvgIpc) is 2.46. The largest absolute Gasteiger partial charge is 0.496 e. The quantitative estimate of drug-likeness (QED) is 0.657. The van der Waals surface area contributed by atoms with E-state index in [9.17, 15) is 8.78 Å². The second-order valence-corrected chi connectivity index (χ2v) is 4.31. The van der Waals surface area contributed by atoms with E-state index in [1.165, 1.54) is 13.2 Å². The van der Waals surface area contributed by atoms with E-state index in [1.807, 2.05) is 0 Å². The first-order valence-corrected chi connectivity index (χ1v) is 6.10. The normalized spacial score (nSPS) is 10.2. The minimum absolute atomic E-state index is 0.0448. The maximum Gasteiger partial charge on any atom is 0.167 e. The highest BCUT2D eigenvalue weighted by Gasteiger charge is 2.09. The van der Waals surface area contributed by atoms with Gasteiger partial charge in [-0.2, -0.15) is 0 Å². The number of benzene rings is 2. The molecule has 0 fully saturated rings. The third kappa shape index (κ3) is 3.47. The second-order valence-electron chi connectivity index (χ2n) is 4.31. The molecule has 0 aliphatic rings. The number of ether oxygens (including phenoxy) is 2. The van der Waals surface area contributed by atoms with Gasteiger partial charge in [-0.15, -0.1) is 0 Å². The zero-order chi connectivity index (χ0) is 15.4. The highest BCUT2D eigenvalue weighted by atomic mass is 19.1. The van der Waals surface area contributed by atoms with E-state index in [0.717, 1.165) is 12.1 Å². The van der Waals surface area contributed by atoms with E-state index in [2.05, 4.69) is 0 Å². The fourth-order valence-electron chi connectivity index (χ4n) is 1.81. The number of nitrogens with two attached hydrogens (primary N) is 1. The third-order valence-corrected chi connectivity index (χ3v) is 2.84. The Morgan fingerprint density at radius 1 is 1.14 bits per heavy atom. The van der Waals surface area contributed by atoms with Gasteiger partial charge in [-0.3, -0.25) is 5.41 Å². The van der Waals surface area contributed by atoms with Crippen LogP contribution in [-0.4, -0.2) is 12.9 Å². The highest BCUT2D eigenvalue weighted by molar-refractivity contribution is 5.97. The molecule has 2 aromatic carbocycles. The molecule has 2 rings (SSSR count). The van der Waals surface area contributed by atoms with Crippen LogP contribution in [0.4, 0.5) is 8.78 Å². The molecule has 0 saturated heterocycles. The lowest BCUT2D eigenvalue weighted by Gasteiger charge is -2.11. The van der Waals surface area contributed by atoms with Crippen molar-refractivity contribution in [3.8, 4) is 11.5 Å². The fourth-order valence-corrected chi connectivity index (χ4v) is 1.81. The van der Waals surface area contributed by atoms with Crippen molar-refractivity contribution in [3.05, 3.63) is 59.2 Å². The van der Waals surface area contributed by atoms with Crippen LogP contribution in [0.2, 0.25) is 0 Å². The van der Waals surface area contributed by atoms with Gasteiger partial charge in [-0.25, -0.2) is 8.78 Å². The van der Waals surface area contributed by atoms with Crippen LogP contribution in [0.3, 0.4) is 0 Å². The molecular weight excluding hydrogens is 278 g/mol. The third-order valence-electron chi connectivity index (χ3n) is 2.84. The molecule has 0 saturated carbocycles. The Morgan fingerprint density at radius 3 is 2.48 bits per heavy atom. The van der Waals surface area contributed by atoms with Gasteiger partial charge in [0.15, 0.2) is 11.6 Å². The van der Waals surface area contributed by atoms with Crippen LogP contribution in [-0.2, 0) is 6.61 Å². The van der Waals surface area contributed by atoms with Crippen LogP contribution in [0.15, 0.2) is 36.4 Å². The molecule has 0 aliphatic carbocycles. The summed E-state index contributed by atoms with van der Waals surface area (Å²) in [5.74, 6) is -1.14.